The fourth-order valence-corrected chi connectivity index (χ4v) is 5.80. The van der Waals surface area contributed by atoms with E-state index < -0.39 is 11.1 Å². The highest BCUT2D eigenvalue weighted by atomic mass is 16.3. The third-order valence-electron chi connectivity index (χ3n) is 7.87. The van der Waals surface area contributed by atoms with Crippen molar-refractivity contribution in [2.75, 3.05) is 0 Å². The van der Waals surface area contributed by atoms with Crippen LogP contribution in [0.25, 0.3) is 0 Å². The molecule has 4 heteroatoms. The maximum atomic E-state index is 14.0. The van der Waals surface area contributed by atoms with Gasteiger partial charge in [-0.3, -0.25) is 4.79 Å². The third-order valence-corrected chi connectivity index (χ3v) is 7.87. The van der Waals surface area contributed by atoms with E-state index in [-0.39, 0.29) is 11.2 Å². The number of aliphatic hydroxyl groups is 1. The van der Waals surface area contributed by atoms with Crippen LogP contribution in [0, 0.1) is 23.2 Å². The lowest BCUT2D eigenvalue weighted by atomic mass is 9.57. The summed E-state index contributed by atoms with van der Waals surface area (Å²) in [5.41, 5.74) is 7.83. The molecule has 1 heterocycles. The molecule has 0 aromatic heterocycles. The summed E-state index contributed by atoms with van der Waals surface area (Å²) in [6.45, 7) is 5.82. The number of carbonyl (C=O) groups excluding carboxylic acids is 1. The highest BCUT2D eigenvalue weighted by Crippen LogP contribution is 2.62. The molecular formula is C27H30N2O2. The third kappa shape index (κ3) is 3.02. The first kappa shape index (κ1) is 20.3. The molecule has 2 spiro atoms. The standard InChI is InChI=1S/C27H30N2O2/c1-3-20-16-23(28)29-27(24(20)30)22-15-19(8-7-18-5-6-18)9-10-21(22)17-25(27)11-13-26(31,4-2)14-12-25/h4,9-10,15-16,18,31H,2-3,5-6,11-14,17H2,1H3,(H2,28,29). The number of rotatable bonds is 2. The first-order valence-electron chi connectivity index (χ1n) is 11.5. The van der Waals surface area contributed by atoms with E-state index in [0.29, 0.717) is 43.9 Å². The molecule has 3 N–H and O–H groups in total. The molecule has 0 bridgehead atoms. The number of nitrogens with zero attached hydrogens (tertiary/aromatic N) is 1. The Morgan fingerprint density at radius 3 is 2.68 bits per heavy atom. The number of amidine groups is 1. The van der Waals surface area contributed by atoms with Crippen LogP contribution in [-0.4, -0.2) is 22.3 Å². The monoisotopic (exact) mass is 414 g/mol. The molecule has 1 aromatic rings. The van der Waals surface area contributed by atoms with Crippen molar-refractivity contribution in [1.82, 2.24) is 0 Å². The van der Waals surface area contributed by atoms with Gasteiger partial charge in [0.1, 0.15) is 5.84 Å². The minimum Gasteiger partial charge on any atom is -0.386 e. The Labute approximate surface area is 184 Å². The summed E-state index contributed by atoms with van der Waals surface area (Å²) < 4.78 is 0. The lowest BCUT2D eigenvalue weighted by Gasteiger charge is -2.49. The van der Waals surface area contributed by atoms with Gasteiger partial charge in [-0.2, -0.15) is 0 Å². The van der Waals surface area contributed by atoms with Gasteiger partial charge in [-0.05, 0) is 80.7 Å². The maximum absolute atomic E-state index is 14.0. The molecule has 3 aliphatic carbocycles. The van der Waals surface area contributed by atoms with Crippen LogP contribution in [-0.2, 0) is 16.8 Å². The van der Waals surface area contributed by atoms with E-state index in [9.17, 15) is 9.90 Å². The van der Waals surface area contributed by atoms with Crippen LogP contribution in [0.4, 0.5) is 0 Å². The number of ketones is 1. The molecule has 4 nitrogen and oxygen atoms in total. The zero-order valence-electron chi connectivity index (χ0n) is 18.2. The van der Waals surface area contributed by atoms with E-state index in [1.165, 1.54) is 12.8 Å². The summed E-state index contributed by atoms with van der Waals surface area (Å²) in [6.07, 6.45) is 9.70. The Hall–Kier alpha value is -2.64. The second-order valence-corrected chi connectivity index (χ2v) is 9.78. The van der Waals surface area contributed by atoms with Crippen molar-refractivity contribution in [3.63, 3.8) is 0 Å². The molecule has 0 amide bonds. The van der Waals surface area contributed by atoms with Gasteiger partial charge in [0.2, 0.25) is 0 Å². The smallest absolute Gasteiger partial charge is 0.191 e. The topological polar surface area (TPSA) is 75.7 Å². The van der Waals surface area contributed by atoms with E-state index in [1.807, 2.05) is 6.92 Å². The molecule has 5 rings (SSSR count). The first-order chi connectivity index (χ1) is 14.8. The quantitative estimate of drug-likeness (QED) is 0.568. The Kier molecular flexibility index (Phi) is 4.53. The van der Waals surface area contributed by atoms with Crippen molar-refractivity contribution in [1.29, 1.82) is 0 Å². The summed E-state index contributed by atoms with van der Waals surface area (Å²) in [5.74, 6) is 7.65. The molecule has 0 radical (unpaired) electrons. The Bertz CT molecular complexity index is 1090. The van der Waals surface area contributed by atoms with Gasteiger partial charge >= 0.3 is 0 Å². The molecule has 0 saturated heterocycles. The van der Waals surface area contributed by atoms with Gasteiger partial charge in [-0.15, -0.1) is 6.58 Å². The molecule has 1 aromatic carbocycles. The summed E-state index contributed by atoms with van der Waals surface area (Å²) >= 11 is 0. The van der Waals surface area contributed by atoms with Crippen molar-refractivity contribution >= 4 is 11.6 Å². The molecule has 1 atom stereocenters. The van der Waals surface area contributed by atoms with Crippen LogP contribution in [0.1, 0.15) is 68.6 Å². The molecule has 2 saturated carbocycles. The molecule has 1 unspecified atom stereocenters. The van der Waals surface area contributed by atoms with E-state index in [1.54, 1.807) is 12.2 Å². The summed E-state index contributed by atoms with van der Waals surface area (Å²) in [4.78, 5) is 19.0. The van der Waals surface area contributed by atoms with Crippen LogP contribution < -0.4 is 5.73 Å². The largest absolute Gasteiger partial charge is 0.386 e. The van der Waals surface area contributed by atoms with Crippen LogP contribution >= 0.6 is 0 Å². The van der Waals surface area contributed by atoms with Gasteiger partial charge < -0.3 is 10.8 Å². The average Bonchev–Trinajstić information content (AvgIpc) is 3.57. The Morgan fingerprint density at radius 1 is 1.29 bits per heavy atom. The van der Waals surface area contributed by atoms with Crippen LogP contribution in [0.2, 0.25) is 0 Å². The summed E-state index contributed by atoms with van der Waals surface area (Å²) in [5, 5.41) is 10.8. The zero-order valence-corrected chi connectivity index (χ0v) is 18.2. The highest BCUT2D eigenvalue weighted by Gasteiger charge is 2.64. The van der Waals surface area contributed by atoms with E-state index >= 15 is 0 Å². The fraction of sp³-hybridized carbons (Fsp3) is 0.481. The van der Waals surface area contributed by atoms with Gasteiger partial charge in [0, 0.05) is 22.5 Å². The number of Topliss-reactive ketones (excluding diaryl/α,β-unsaturated/α-hetero) is 1. The lowest BCUT2D eigenvalue weighted by molar-refractivity contribution is -0.128. The number of aliphatic imine (C=N–C) groups is 1. The Balaban J connectivity index is 1.67. The van der Waals surface area contributed by atoms with Crippen molar-refractivity contribution in [2.45, 2.75) is 69.4 Å². The molecule has 160 valence electrons. The molecule has 31 heavy (non-hydrogen) atoms. The van der Waals surface area contributed by atoms with Gasteiger partial charge in [0.05, 0.1) is 5.60 Å². The minimum atomic E-state index is -1.02. The predicted octanol–water partition coefficient (Wildman–Crippen LogP) is 3.95. The number of fused-ring (bicyclic) bond motifs is 3. The zero-order chi connectivity index (χ0) is 21.9. The first-order valence-corrected chi connectivity index (χ1v) is 11.5. The maximum Gasteiger partial charge on any atom is 0.191 e. The lowest BCUT2D eigenvalue weighted by Crippen LogP contribution is -2.54. The second-order valence-electron chi connectivity index (χ2n) is 9.78. The van der Waals surface area contributed by atoms with Gasteiger partial charge in [0.25, 0.3) is 0 Å². The SMILES string of the molecule is C=CC1(O)CCC2(CC1)Cc1ccc(C#CC3CC3)cc1C21N=C(N)C=C(CC)C1=O. The van der Waals surface area contributed by atoms with Gasteiger partial charge in [0.15, 0.2) is 11.3 Å². The van der Waals surface area contributed by atoms with Crippen molar-refractivity contribution in [3.05, 3.63) is 59.2 Å². The van der Waals surface area contributed by atoms with E-state index in [4.69, 9.17) is 10.7 Å². The van der Waals surface area contributed by atoms with Gasteiger partial charge in [-0.1, -0.05) is 30.9 Å². The summed E-state index contributed by atoms with van der Waals surface area (Å²) in [6, 6.07) is 6.28. The average molecular weight is 415 g/mol. The number of dihydropyridines is 1. The molecule has 2 fully saturated rings. The molecule has 4 aliphatic rings. The highest BCUT2D eigenvalue weighted by molar-refractivity contribution is 6.13. The van der Waals surface area contributed by atoms with Crippen molar-refractivity contribution in [3.8, 4) is 11.8 Å². The fourth-order valence-electron chi connectivity index (χ4n) is 5.80. The summed E-state index contributed by atoms with van der Waals surface area (Å²) in [7, 11) is 0. The van der Waals surface area contributed by atoms with Crippen LogP contribution in [0.5, 0.6) is 0 Å². The second kappa shape index (κ2) is 6.93. The van der Waals surface area contributed by atoms with Crippen molar-refractivity contribution < 1.29 is 9.90 Å². The Morgan fingerprint density at radius 2 is 2.03 bits per heavy atom. The molecular weight excluding hydrogens is 384 g/mol. The number of hydrogen-bond donors (Lipinski definition) is 2. The minimum absolute atomic E-state index is 0.0688. The predicted molar refractivity (Wildman–Crippen MR) is 122 cm³/mol. The molecule has 1 aliphatic heterocycles. The van der Waals surface area contributed by atoms with Gasteiger partial charge in [-0.25, -0.2) is 4.99 Å². The normalized spacial score (nSPS) is 34.1. The van der Waals surface area contributed by atoms with Crippen molar-refractivity contribution in [2.24, 2.45) is 22.1 Å². The number of hydrogen-bond acceptors (Lipinski definition) is 4. The van der Waals surface area contributed by atoms with Crippen LogP contribution in [0.15, 0.2) is 47.5 Å². The number of carbonyl (C=O) groups is 1. The van der Waals surface area contributed by atoms with E-state index in [2.05, 4.69) is 36.6 Å². The number of nitrogens with two attached hydrogens (primary N) is 1. The number of benzene rings is 1. The van der Waals surface area contributed by atoms with Crippen LogP contribution in [0.3, 0.4) is 0 Å². The van der Waals surface area contributed by atoms with E-state index in [0.717, 1.165) is 28.7 Å².